The summed E-state index contributed by atoms with van der Waals surface area (Å²) in [5.41, 5.74) is 3.15. The highest BCUT2D eigenvalue weighted by molar-refractivity contribution is 5.42. The molecule has 0 fully saturated rings. The van der Waals surface area contributed by atoms with Gasteiger partial charge in [-0.1, -0.05) is 38.8 Å². The van der Waals surface area contributed by atoms with Crippen LogP contribution in [0.3, 0.4) is 0 Å². The van der Waals surface area contributed by atoms with Crippen LogP contribution in [0.4, 0.5) is 0 Å². The Morgan fingerprint density at radius 3 is 2.05 bits per heavy atom. The third-order valence-corrected chi connectivity index (χ3v) is 4.49. The fourth-order valence-electron chi connectivity index (χ4n) is 3.12. The highest BCUT2D eigenvalue weighted by atomic mass is 16.3. The molecule has 1 aromatic rings. The van der Waals surface area contributed by atoms with E-state index in [0.717, 1.165) is 30.1 Å². The van der Waals surface area contributed by atoms with Crippen molar-refractivity contribution in [3.05, 3.63) is 28.8 Å². The molecule has 0 radical (unpaired) electrons. The molecule has 21 heavy (non-hydrogen) atoms. The first-order chi connectivity index (χ1) is 9.90. The van der Waals surface area contributed by atoms with Gasteiger partial charge in [0.2, 0.25) is 0 Å². The van der Waals surface area contributed by atoms with E-state index < -0.39 is 0 Å². The van der Waals surface area contributed by atoms with Gasteiger partial charge in [0.15, 0.2) is 0 Å². The number of benzene rings is 1. The van der Waals surface area contributed by atoms with E-state index in [1.165, 1.54) is 18.4 Å². The zero-order chi connectivity index (χ0) is 16.0. The number of likely N-dealkylation sites (N-methyl/N-ethyl adjacent to an activating group) is 1. The Balaban J connectivity index is 2.62. The summed E-state index contributed by atoms with van der Waals surface area (Å²) in [5, 5.41) is 13.4. The normalized spacial score (nSPS) is 13.1. The van der Waals surface area contributed by atoms with Crippen LogP contribution >= 0.6 is 0 Å². The molecule has 2 N–H and O–H groups in total. The predicted molar refractivity (Wildman–Crippen MR) is 90.8 cm³/mol. The molecule has 0 aliphatic rings. The smallest absolute Gasteiger partial charge is 0.121 e. The summed E-state index contributed by atoms with van der Waals surface area (Å²) in [5.74, 6) is 1.15. The monoisotopic (exact) mass is 292 g/mol. The van der Waals surface area contributed by atoms with Crippen molar-refractivity contribution in [1.29, 1.82) is 0 Å². The Labute approximate surface area is 130 Å². The van der Waals surface area contributed by atoms with Crippen LogP contribution in [0, 0.1) is 19.8 Å². The third kappa shape index (κ3) is 5.01. The Morgan fingerprint density at radius 2 is 1.62 bits per heavy atom. The first-order valence-corrected chi connectivity index (χ1v) is 8.06. The van der Waals surface area contributed by atoms with E-state index in [1.807, 2.05) is 13.8 Å². The first-order valence-electron chi connectivity index (χ1n) is 8.06. The maximum atomic E-state index is 9.83. The number of phenols is 1. The lowest BCUT2D eigenvalue weighted by molar-refractivity contribution is 0.194. The van der Waals surface area contributed by atoms with Gasteiger partial charge in [-0.3, -0.25) is 0 Å². The average molecular weight is 292 g/mol. The van der Waals surface area contributed by atoms with E-state index in [4.69, 9.17) is 0 Å². The minimum atomic E-state index is 0.418. The van der Waals surface area contributed by atoms with E-state index >= 15 is 0 Å². The van der Waals surface area contributed by atoms with Crippen molar-refractivity contribution in [2.24, 2.45) is 5.92 Å². The van der Waals surface area contributed by atoms with Crippen molar-refractivity contribution in [3.8, 4) is 5.75 Å². The lowest BCUT2D eigenvalue weighted by atomic mass is 9.93. The predicted octanol–water partition coefficient (Wildman–Crippen LogP) is 3.47. The summed E-state index contributed by atoms with van der Waals surface area (Å²) < 4.78 is 0. The lowest BCUT2D eigenvalue weighted by Gasteiger charge is -2.31. The number of aryl methyl sites for hydroxylation is 2. The third-order valence-electron chi connectivity index (χ3n) is 4.49. The largest absolute Gasteiger partial charge is 0.507 e. The number of aromatic hydroxyl groups is 1. The van der Waals surface area contributed by atoms with Gasteiger partial charge in [-0.25, -0.2) is 0 Å². The Kier molecular flexibility index (Phi) is 7.20. The molecule has 0 aliphatic heterocycles. The van der Waals surface area contributed by atoms with Crippen LogP contribution in [0.25, 0.3) is 0 Å². The Hall–Kier alpha value is -1.06. The molecule has 0 saturated heterocycles. The second kappa shape index (κ2) is 8.40. The second-order valence-electron chi connectivity index (χ2n) is 6.32. The highest BCUT2D eigenvalue weighted by Crippen LogP contribution is 2.23. The molecule has 0 saturated carbocycles. The van der Waals surface area contributed by atoms with E-state index in [-0.39, 0.29) is 0 Å². The lowest BCUT2D eigenvalue weighted by Crippen LogP contribution is -2.42. The summed E-state index contributed by atoms with van der Waals surface area (Å²) in [4.78, 5) is 2.33. The molecular weight excluding hydrogens is 260 g/mol. The Morgan fingerprint density at radius 1 is 1.10 bits per heavy atom. The molecule has 1 rings (SSSR count). The maximum absolute atomic E-state index is 9.83. The summed E-state index contributed by atoms with van der Waals surface area (Å²) in [6, 6.07) is 4.70. The van der Waals surface area contributed by atoms with Crippen molar-refractivity contribution in [2.75, 3.05) is 20.6 Å². The van der Waals surface area contributed by atoms with Crippen molar-refractivity contribution in [2.45, 2.75) is 53.1 Å². The van der Waals surface area contributed by atoms with Gasteiger partial charge in [-0.15, -0.1) is 0 Å². The fraction of sp³-hybridized carbons (Fsp3) is 0.667. The number of rotatable bonds is 8. The van der Waals surface area contributed by atoms with E-state index in [0.29, 0.717) is 11.8 Å². The highest BCUT2D eigenvalue weighted by Gasteiger charge is 2.20. The van der Waals surface area contributed by atoms with Gasteiger partial charge in [-0.05, 0) is 50.6 Å². The molecule has 0 amide bonds. The van der Waals surface area contributed by atoms with E-state index in [9.17, 15) is 5.11 Å². The molecule has 1 unspecified atom stereocenters. The molecule has 3 heteroatoms. The molecule has 1 atom stereocenters. The molecular formula is C18H32N2O. The van der Waals surface area contributed by atoms with Crippen LogP contribution < -0.4 is 5.32 Å². The van der Waals surface area contributed by atoms with E-state index in [1.54, 1.807) is 0 Å². The average Bonchev–Trinajstić information content (AvgIpc) is 2.43. The van der Waals surface area contributed by atoms with Gasteiger partial charge >= 0.3 is 0 Å². The molecule has 1 aromatic carbocycles. The van der Waals surface area contributed by atoms with Gasteiger partial charge in [0, 0.05) is 19.1 Å². The second-order valence-corrected chi connectivity index (χ2v) is 6.32. The summed E-state index contributed by atoms with van der Waals surface area (Å²) >= 11 is 0. The molecule has 0 aliphatic carbocycles. The summed E-state index contributed by atoms with van der Waals surface area (Å²) in [7, 11) is 4.33. The molecule has 120 valence electrons. The summed E-state index contributed by atoms with van der Waals surface area (Å²) in [6.07, 6.45) is 2.44. The topological polar surface area (TPSA) is 35.5 Å². The molecule has 0 aromatic heterocycles. The van der Waals surface area contributed by atoms with Crippen LogP contribution in [-0.2, 0) is 6.54 Å². The van der Waals surface area contributed by atoms with Gasteiger partial charge in [0.1, 0.15) is 5.75 Å². The van der Waals surface area contributed by atoms with Gasteiger partial charge in [0.05, 0.1) is 0 Å². The van der Waals surface area contributed by atoms with Crippen LogP contribution in [0.5, 0.6) is 5.75 Å². The van der Waals surface area contributed by atoms with Gasteiger partial charge in [0.25, 0.3) is 0 Å². The van der Waals surface area contributed by atoms with Crippen LogP contribution in [0.1, 0.15) is 43.4 Å². The molecule has 0 spiro atoms. The SMILES string of the molecule is CCC(CC)C(CNCc1cc(C)c(O)c(C)c1)N(C)C. The van der Waals surface area contributed by atoms with Crippen molar-refractivity contribution < 1.29 is 5.11 Å². The van der Waals surface area contributed by atoms with Gasteiger partial charge in [-0.2, -0.15) is 0 Å². The van der Waals surface area contributed by atoms with Crippen LogP contribution in [0.15, 0.2) is 12.1 Å². The zero-order valence-corrected chi connectivity index (χ0v) is 14.5. The molecule has 3 nitrogen and oxygen atoms in total. The summed E-state index contributed by atoms with van der Waals surface area (Å²) in [6.45, 7) is 10.3. The van der Waals surface area contributed by atoms with Crippen molar-refractivity contribution >= 4 is 0 Å². The standard InChI is InChI=1S/C18H32N2O/c1-7-16(8-2)17(20(5)6)12-19-11-15-9-13(3)18(21)14(4)10-15/h9-10,16-17,19,21H,7-8,11-12H2,1-6H3. The number of hydrogen-bond donors (Lipinski definition) is 2. The first kappa shape index (κ1) is 18.0. The van der Waals surface area contributed by atoms with E-state index in [2.05, 4.69) is 50.3 Å². The maximum Gasteiger partial charge on any atom is 0.121 e. The minimum absolute atomic E-state index is 0.418. The number of phenolic OH excluding ortho intramolecular Hbond substituents is 1. The van der Waals surface area contributed by atoms with Crippen molar-refractivity contribution in [3.63, 3.8) is 0 Å². The number of hydrogen-bond acceptors (Lipinski definition) is 3. The molecule has 0 heterocycles. The van der Waals surface area contributed by atoms with Crippen LogP contribution in [-0.4, -0.2) is 36.7 Å². The zero-order valence-electron chi connectivity index (χ0n) is 14.5. The van der Waals surface area contributed by atoms with Gasteiger partial charge < -0.3 is 15.3 Å². The minimum Gasteiger partial charge on any atom is -0.507 e. The number of nitrogens with zero attached hydrogens (tertiary/aromatic N) is 1. The molecule has 0 bridgehead atoms. The fourth-order valence-corrected chi connectivity index (χ4v) is 3.12. The van der Waals surface area contributed by atoms with Crippen molar-refractivity contribution in [1.82, 2.24) is 10.2 Å². The Bertz CT molecular complexity index is 416. The quantitative estimate of drug-likeness (QED) is 0.770. The van der Waals surface area contributed by atoms with Crippen LogP contribution in [0.2, 0.25) is 0 Å². The number of nitrogens with one attached hydrogen (secondary N) is 1.